The van der Waals surface area contributed by atoms with E-state index in [4.69, 9.17) is 20.8 Å². The first-order chi connectivity index (χ1) is 15.9. The highest BCUT2D eigenvalue weighted by atomic mass is 35.5. The molecule has 3 amide bonds. The number of esters is 1. The highest BCUT2D eigenvalue weighted by molar-refractivity contribution is 8.18. The number of thioether (sulfide) groups is 1. The van der Waals surface area contributed by atoms with Gasteiger partial charge in [-0.05, 0) is 61.9 Å². The zero-order valence-electron chi connectivity index (χ0n) is 17.8. The van der Waals surface area contributed by atoms with E-state index in [1.807, 2.05) is 0 Å². The Bertz CT molecular complexity index is 1150. The molecule has 1 aromatic heterocycles. The Balaban J connectivity index is 1.50. The fourth-order valence-electron chi connectivity index (χ4n) is 3.60. The van der Waals surface area contributed by atoms with E-state index in [1.165, 1.54) is 6.08 Å². The maximum absolute atomic E-state index is 12.7. The number of carbonyl (C=O) groups is 4. The van der Waals surface area contributed by atoms with Gasteiger partial charge >= 0.3 is 5.97 Å². The van der Waals surface area contributed by atoms with E-state index in [2.05, 4.69) is 0 Å². The third-order valence-electron chi connectivity index (χ3n) is 5.27. The number of halogens is 1. The molecule has 0 saturated carbocycles. The maximum atomic E-state index is 12.7. The van der Waals surface area contributed by atoms with Crippen molar-refractivity contribution in [2.24, 2.45) is 0 Å². The summed E-state index contributed by atoms with van der Waals surface area (Å²) in [5.74, 6) is -0.475. The van der Waals surface area contributed by atoms with Gasteiger partial charge in [-0.25, -0.2) is 4.79 Å². The number of benzene rings is 1. The molecule has 172 valence electrons. The smallest absolute Gasteiger partial charge is 0.339 e. The summed E-state index contributed by atoms with van der Waals surface area (Å²) in [4.78, 5) is 52.3. The molecule has 3 heterocycles. The van der Waals surface area contributed by atoms with Crippen LogP contribution < -0.4 is 0 Å². The minimum absolute atomic E-state index is 0.179. The van der Waals surface area contributed by atoms with E-state index in [0.717, 1.165) is 29.5 Å². The Hall–Kier alpha value is -3.04. The van der Waals surface area contributed by atoms with Gasteiger partial charge in [0.2, 0.25) is 5.91 Å². The summed E-state index contributed by atoms with van der Waals surface area (Å²) in [6, 6.07) is 8.18. The Morgan fingerprint density at radius 2 is 1.94 bits per heavy atom. The summed E-state index contributed by atoms with van der Waals surface area (Å²) in [5.41, 5.74) is 0.823. The molecule has 0 unspecified atom stereocenters. The third-order valence-corrected chi connectivity index (χ3v) is 6.51. The molecule has 2 aliphatic heterocycles. The van der Waals surface area contributed by atoms with Crippen LogP contribution in [0.2, 0.25) is 5.02 Å². The van der Waals surface area contributed by atoms with Crippen molar-refractivity contribution in [3.8, 4) is 11.3 Å². The summed E-state index contributed by atoms with van der Waals surface area (Å²) in [6.45, 7) is 2.99. The average Bonchev–Trinajstić information content (AvgIpc) is 3.53. The number of carbonyl (C=O) groups excluding carboxylic acids is 4. The lowest BCUT2D eigenvalue weighted by molar-refractivity contribution is -0.135. The van der Waals surface area contributed by atoms with E-state index in [1.54, 1.807) is 42.2 Å². The molecule has 2 aliphatic rings. The van der Waals surface area contributed by atoms with Crippen LogP contribution in [0.3, 0.4) is 0 Å². The van der Waals surface area contributed by atoms with Crippen molar-refractivity contribution >= 4 is 52.5 Å². The number of imide groups is 1. The van der Waals surface area contributed by atoms with Crippen LogP contribution in [0, 0.1) is 0 Å². The van der Waals surface area contributed by atoms with Crippen LogP contribution in [0.4, 0.5) is 4.79 Å². The highest BCUT2D eigenvalue weighted by Crippen LogP contribution is 2.34. The maximum Gasteiger partial charge on any atom is 0.339 e. The predicted octanol–water partition coefficient (Wildman–Crippen LogP) is 4.44. The van der Waals surface area contributed by atoms with Crippen LogP contribution in [0.15, 0.2) is 39.7 Å². The minimum atomic E-state index is -0.534. The second-order valence-electron chi connectivity index (χ2n) is 7.47. The molecule has 2 saturated heterocycles. The Morgan fingerprint density at radius 3 is 2.67 bits per heavy atom. The van der Waals surface area contributed by atoms with Gasteiger partial charge in [0.25, 0.3) is 11.1 Å². The first-order valence-electron chi connectivity index (χ1n) is 10.5. The summed E-state index contributed by atoms with van der Waals surface area (Å²) < 4.78 is 10.8. The van der Waals surface area contributed by atoms with Crippen molar-refractivity contribution in [3.05, 3.63) is 51.6 Å². The summed E-state index contributed by atoms with van der Waals surface area (Å²) in [7, 11) is 0. The Morgan fingerprint density at radius 1 is 1.18 bits per heavy atom. The second-order valence-corrected chi connectivity index (χ2v) is 8.87. The molecule has 10 heteroatoms. The SMILES string of the molecule is CCOC(=O)c1cc(-c2ccc(/C=C3/SC(=O)N(CC(=O)N4CCCC4)C3=O)o2)ccc1Cl. The zero-order valence-corrected chi connectivity index (χ0v) is 19.4. The molecule has 2 fully saturated rings. The van der Waals surface area contributed by atoms with Gasteiger partial charge in [-0.3, -0.25) is 19.3 Å². The number of nitrogens with zero attached hydrogens (tertiary/aromatic N) is 2. The fraction of sp³-hybridized carbons (Fsp3) is 0.304. The predicted molar refractivity (Wildman–Crippen MR) is 124 cm³/mol. The van der Waals surface area contributed by atoms with Crippen LogP contribution in [0.1, 0.15) is 35.9 Å². The normalized spacial score (nSPS) is 17.3. The van der Waals surface area contributed by atoms with Gasteiger partial charge in [0.05, 0.1) is 22.1 Å². The van der Waals surface area contributed by atoms with Crippen molar-refractivity contribution in [2.45, 2.75) is 19.8 Å². The van der Waals surface area contributed by atoms with E-state index < -0.39 is 17.1 Å². The van der Waals surface area contributed by atoms with Gasteiger partial charge in [0.15, 0.2) is 0 Å². The van der Waals surface area contributed by atoms with E-state index >= 15 is 0 Å². The third kappa shape index (κ3) is 4.99. The number of rotatable bonds is 6. The Kier molecular flexibility index (Phi) is 6.90. The number of furan rings is 1. The quantitative estimate of drug-likeness (QED) is 0.438. The largest absolute Gasteiger partial charge is 0.462 e. The standard InChI is InChI=1S/C23H21ClN2O6S/c1-2-31-22(29)16-11-14(5-7-17(16)24)18-8-6-15(32-18)12-19-21(28)26(23(30)33-19)13-20(27)25-9-3-4-10-25/h5-8,11-12H,2-4,9-10,13H2,1H3/b19-12+. The molecule has 0 radical (unpaired) electrons. The van der Waals surface area contributed by atoms with Crippen molar-refractivity contribution in [1.82, 2.24) is 9.80 Å². The summed E-state index contributed by atoms with van der Waals surface area (Å²) in [6.07, 6.45) is 3.34. The number of hydrogen-bond donors (Lipinski definition) is 0. The zero-order chi connectivity index (χ0) is 23.5. The molecule has 0 N–H and O–H groups in total. The van der Waals surface area contributed by atoms with Crippen LogP contribution in [-0.2, 0) is 14.3 Å². The van der Waals surface area contributed by atoms with Crippen LogP contribution >= 0.6 is 23.4 Å². The molecule has 1 aromatic carbocycles. The van der Waals surface area contributed by atoms with Crippen LogP contribution in [0.25, 0.3) is 17.4 Å². The van der Waals surface area contributed by atoms with E-state index in [9.17, 15) is 19.2 Å². The molecule has 33 heavy (non-hydrogen) atoms. The number of hydrogen-bond acceptors (Lipinski definition) is 7. The van der Waals surface area contributed by atoms with E-state index in [-0.39, 0.29) is 34.6 Å². The van der Waals surface area contributed by atoms with Crippen molar-refractivity contribution in [3.63, 3.8) is 0 Å². The minimum Gasteiger partial charge on any atom is -0.462 e. The molecular formula is C23H21ClN2O6S. The van der Waals surface area contributed by atoms with Gasteiger partial charge in [-0.15, -0.1) is 0 Å². The van der Waals surface area contributed by atoms with Gasteiger partial charge < -0.3 is 14.1 Å². The molecule has 8 nitrogen and oxygen atoms in total. The lowest BCUT2D eigenvalue weighted by Gasteiger charge is -2.18. The van der Waals surface area contributed by atoms with Gasteiger partial charge in [-0.2, -0.15) is 0 Å². The first kappa shape index (κ1) is 23.1. The molecule has 2 aromatic rings. The second kappa shape index (κ2) is 9.84. The van der Waals surface area contributed by atoms with Crippen LogP contribution in [-0.4, -0.2) is 59.1 Å². The first-order valence-corrected chi connectivity index (χ1v) is 11.7. The van der Waals surface area contributed by atoms with Crippen molar-refractivity contribution in [1.29, 1.82) is 0 Å². The molecular weight excluding hydrogens is 468 g/mol. The van der Waals surface area contributed by atoms with Crippen molar-refractivity contribution < 1.29 is 28.3 Å². The fourth-order valence-corrected chi connectivity index (χ4v) is 4.61. The highest BCUT2D eigenvalue weighted by Gasteiger charge is 2.37. The molecule has 0 spiro atoms. The van der Waals surface area contributed by atoms with E-state index in [0.29, 0.717) is 30.2 Å². The molecule has 0 aliphatic carbocycles. The summed E-state index contributed by atoms with van der Waals surface area (Å²) >= 11 is 6.88. The molecule has 0 bridgehead atoms. The van der Waals surface area contributed by atoms with Crippen LogP contribution in [0.5, 0.6) is 0 Å². The Labute approximate surface area is 199 Å². The molecule has 0 atom stereocenters. The number of likely N-dealkylation sites (tertiary alicyclic amines) is 1. The van der Waals surface area contributed by atoms with Gasteiger partial charge in [0.1, 0.15) is 18.1 Å². The summed E-state index contributed by atoms with van der Waals surface area (Å²) in [5, 5.41) is -0.219. The lowest BCUT2D eigenvalue weighted by Crippen LogP contribution is -2.40. The van der Waals surface area contributed by atoms with Crippen molar-refractivity contribution in [2.75, 3.05) is 26.2 Å². The topological polar surface area (TPSA) is 97.1 Å². The van der Waals surface area contributed by atoms with Gasteiger partial charge in [0, 0.05) is 24.7 Å². The lowest BCUT2D eigenvalue weighted by atomic mass is 10.1. The molecule has 4 rings (SSSR count). The number of ether oxygens (including phenoxy) is 1. The monoisotopic (exact) mass is 488 g/mol. The number of amides is 3. The van der Waals surface area contributed by atoms with Gasteiger partial charge in [-0.1, -0.05) is 11.6 Å². The average molecular weight is 489 g/mol.